The van der Waals surface area contributed by atoms with Crippen LogP contribution in [0.3, 0.4) is 0 Å². The van der Waals surface area contributed by atoms with Crippen LogP contribution in [0.5, 0.6) is 0 Å². The third-order valence-electron chi connectivity index (χ3n) is 3.08. The minimum absolute atomic E-state index is 0.228. The van der Waals surface area contributed by atoms with Crippen LogP contribution >= 0.6 is 0 Å². The van der Waals surface area contributed by atoms with E-state index in [0.29, 0.717) is 6.54 Å². The molecule has 0 fully saturated rings. The van der Waals surface area contributed by atoms with Gasteiger partial charge in [-0.1, -0.05) is 34.6 Å². The van der Waals surface area contributed by atoms with E-state index in [-0.39, 0.29) is 17.9 Å². The maximum absolute atomic E-state index is 9.86. The molecule has 0 aromatic carbocycles. The molecule has 5 heteroatoms. The number of rotatable bonds is 8. The van der Waals surface area contributed by atoms with E-state index >= 15 is 0 Å². The Bertz CT molecular complexity index is 407. The minimum atomic E-state index is -0.375. The summed E-state index contributed by atoms with van der Waals surface area (Å²) in [6, 6.07) is 1.90. The first-order valence-electron chi connectivity index (χ1n) is 7.48. The molecule has 20 heavy (non-hydrogen) atoms. The summed E-state index contributed by atoms with van der Waals surface area (Å²) in [5.74, 6) is 2.92. The Balaban J connectivity index is 2.80. The lowest BCUT2D eigenvalue weighted by Crippen LogP contribution is -2.25. The van der Waals surface area contributed by atoms with Crippen molar-refractivity contribution in [3.63, 3.8) is 0 Å². The first kappa shape index (κ1) is 16.7. The molecular formula is C15H28N4O. The summed E-state index contributed by atoms with van der Waals surface area (Å²) in [6.45, 7) is 11.7. The highest BCUT2D eigenvalue weighted by molar-refractivity contribution is 5.47. The van der Waals surface area contributed by atoms with E-state index in [1.54, 1.807) is 0 Å². The Labute approximate surface area is 122 Å². The smallest absolute Gasteiger partial charge is 0.135 e. The van der Waals surface area contributed by atoms with Gasteiger partial charge in [0.15, 0.2) is 0 Å². The molecule has 1 heterocycles. The normalized spacial score (nSPS) is 12.8. The van der Waals surface area contributed by atoms with Crippen molar-refractivity contribution in [3.05, 3.63) is 11.9 Å². The molecule has 0 aliphatic heterocycles. The quantitative estimate of drug-likeness (QED) is 0.683. The zero-order valence-electron chi connectivity index (χ0n) is 13.3. The number of aliphatic hydroxyl groups excluding tert-OH is 1. The maximum atomic E-state index is 9.86. The lowest BCUT2D eigenvalue weighted by atomic mass is 10.1. The second kappa shape index (κ2) is 8.04. The molecule has 1 unspecified atom stereocenters. The molecule has 3 N–H and O–H groups in total. The number of aliphatic hydroxyl groups is 1. The van der Waals surface area contributed by atoms with Gasteiger partial charge >= 0.3 is 0 Å². The highest BCUT2D eigenvalue weighted by atomic mass is 16.3. The van der Waals surface area contributed by atoms with Crippen molar-refractivity contribution in [1.82, 2.24) is 9.97 Å². The summed E-state index contributed by atoms with van der Waals surface area (Å²) in [4.78, 5) is 9.01. The fourth-order valence-electron chi connectivity index (χ4n) is 1.60. The molecular weight excluding hydrogens is 252 g/mol. The van der Waals surface area contributed by atoms with Crippen molar-refractivity contribution in [3.8, 4) is 0 Å². The molecule has 1 aromatic rings. The van der Waals surface area contributed by atoms with Crippen molar-refractivity contribution in [2.45, 2.75) is 53.1 Å². The number of aromatic nitrogens is 2. The standard InChI is InChI=1S/C15H28N4O/c1-6-7-16-13-8-14(17-9-12(20)10(2)3)19-15(18-13)11(4)5/h8,10-12,20H,6-7,9H2,1-5H3,(H2,16,17,18,19). The second-order valence-corrected chi connectivity index (χ2v) is 5.77. The largest absolute Gasteiger partial charge is 0.391 e. The molecule has 0 spiro atoms. The molecule has 0 saturated carbocycles. The topological polar surface area (TPSA) is 70.1 Å². The zero-order chi connectivity index (χ0) is 15.1. The van der Waals surface area contributed by atoms with Gasteiger partial charge in [0.05, 0.1) is 6.10 Å². The molecule has 1 atom stereocenters. The van der Waals surface area contributed by atoms with Crippen LogP contribution < -0.4 is 10.6 Å². The van der Waals surface area contributed by atoms with Gasteiger partial charge in [-0.3, -0.25) is 0 Å². The Kier molecular flexibility index (Phi) is 6.71. The summed E-state index contributed by atoms with van der Waals surface area (Å²) in [7, 11) is 0. The van der Waals surface area contributed by atoms with Crippen molar-refractivity contribution in [1.29, 1.82) is 0 Å². The molecule has 5 nitrogen and oxygen atoms in total. The van der Waals surface area contributed by atoms with Crippen LogP contribution in [0.4, 0.5) is 11.6 Å². The van der Waals surface area contributed by atoms with Crippen LogP contribution in [0.15, 0.2) is 6.07 Å². The summed E-state index contributed by atoms with van der Waals surface area (Å²) >= 11 is 0. The molecule has 0 bridgehead atoms. The van der Waals surface area contributed by atoms with Gasteiger partial charge in [-0.15, -0.1) is 0 Å². The third-order valence-corrected chi connectivity index (χ3v) is 3.08. The summed E-state index contributed by atoms with van der Waals surface area (Å²) in [6.07, 6.45) is 0.676. The molecule has 0 aliphatic rings. The lowest BCUT2D eigenvalue weighted by molar-refractivity contribution is 0.138. The Morgan fingerprint density at radius 2 is 1.70 bits per heavy atom. The predicted molar refractivity (Wildman–Crippen MR) is 84.2 cm³/mol. The minimum Gasteiger partial charge on any atom is -0.391 e. The van der Waals surface area contributed by atoms with Crippen LogP contribution in [-0.4, -0.2) is 34.3 Å². The van der Waals surface area contributed by atoms with Gasteiger partial charge < -0.3 is 15.7 Å². The average molecular weight is 280 g/mol. The molecule has 1 rings (SSSR count). The van der Waals surface area contributed by atoms with Crippen LogP contribution in [0.2, 0.25) is 0 Å². The van der Waals surface area contributed by atoms with E-state index < -0.39 is 0 Å². The van der Waals surface area contributed by atoms with E-state index in [0.717, 1.165) is 30.4 Å². The number of hydrogen-bond donors (Lipinski definition) is 3. The van der Waals surface area contributed by atoms with E-state index in [9.17, 15) is 5.11 Å². The monoisotopic (exact) mass is 280 g/mol. The number of hydrogen-bond acceptors (Lipinski definition) is 5. The molecule has 114 valence electrons. The Morgan fingerprint density at radius 1 is 1.10 bits per heavy atom. The van der Waals surface area contributed by atoms with Crippen molar-refractivity contribution >= 4 is 11.6 Å². The molecule has 0 radical (unpaired) electrons. The van der Waals surface area contributed by atoms with Gasteiger partial charge in [0.25, 0.3) is 0 Å². The SMILES string of the molecule is CCCNc1cc(NCC(O)C(C)C)nc(C(C)C)n1. The first-order valence-corrected chi connectivity index (χ1v) is 7.48. The van der Waals surface area contributed by atoms with Gasteiger partial charge in [-0.25, -0.2) is 9.97 Å². The maximum Gasteiger partial charge on any atom is 0.135 e. The van der Waals surface area contributed by atoms with Crippen molar-refractivity contribution in [2.75, 3.05) is 23.7 Å². The summed E-state index contributed by atoms with van der Waals surface area (Å²) < 4.78 is 0. The van der Waals surface area contributed by atoms with E-state index in [4.69, 9.17) is 0 Å². The van der Waals surface area contributed by atoms with Gasteiger partial charge in [0, 0.05) is 25.1 Å². The van der Waals surface area contributed by atoms with E-state index in [1.807, 2.05) is 19.9 Å². The van der Waals surface area contributed by atoms with Crippen LogP contribution in [0.1, 0.15) is 52.8 Å². The van der Waals surface area contributed by atoms with Crippen molar-refractivity contribution in [2.24, 2.45) is 5.92 Å². The average Bonchev–Trinajstić information content (AvgIpc) is 2.42. The molecule has 0 saturated heterocycles. The number of anilines is 2. The number of nitrogens with one attached hydrogen (secondary N) is 2. The molecule has 0 amide bonds. The second-order valence-electron chi connectivity index (χ2n) is 5.77. The van der Waals surface area contributed by atoms with Gasteiger partial charge in [0.1, 0.15) is 17.5 Å². The third kappa shape index (κ3) is 5.33. The van der Waals surface area contributed by atoms with Gasteiger partial charge in [-0.05, 0) is 12.3 Å². The summed E-state index contributed by atoms with van der Waals surface area (Å²) in [5.41, 5.74) is 0. The molecule has 1 aromatic heterocycles. The van der Waals surface area contributed by atoms with Crippen LogP contribution in [0, 0.1) is 5.92 Å². The van der Waals surface area contributed by atoms with E-state index in [2.05, 4.69) is 41.4 Å². The first-order chi connectivity index (χ1) is 9.43. The fourth-order valence-corrected chi connectivity index (χ4v) is 1.60. The molecule has 0 aliphatic carbocycles. The Hall–Kier alpha value is -1.36. The van der Waals surface area contributed by atoms with Gasteiger partial charge in [-0.2, -0.15) is 0 Å². The predicted octanol–water partition coefficient (Wildman–Crippen LogP) is 2.85. The number of nitrogens with zero attached hydrogens (tertiary/aromatic N) is 2. The van der Waals surface area contributed by atoms with Gasteiger partial charge in [0.2, 0.25) is 0 Å². The van der Waals surface area contributed by atoms with E-state index in [1.165, 1.54) is 0 Å². The highest BCUT2D eigenvalue weighted by Gasteiger charge is 2.11. The van der Waals surface area contributed by atoms with Crippen molar-refractivity contribution < 1.29 is 5.11 Å². The zero-order valence-corrected chi connectivity index (χ0v) is 13.3. The lowest BCUT2D eigenvalue weighted by Gasteiger charge is -2.17. The summed E-state index contributed by atoms with van der Waals surface area (Å²) in [5, 5.41) is 16.3. The Morgan fingerprint density at radius 3 is 2.20 bits per heavy atom. The highest BCUT2D eigenvalue weighted by Crippen LogP contribution is 2.17. The van der Waals surface area contributed by atoms with Crippen LogP contribution in [-0.2, 0) is 0 Å². The van der Waals surface area contributed by atoms with Crippen LogP contribution in [0.25, 0.3) is 0 Å². The fraction of sp³-hybridized carbons (Fsp3) is 0.733.